The number of hydrogen-bond donors (Lipinski definition) is 1. The second-order valence-electron chi connectivity index (χ2n) is 8.19. The molecule has 5 rings (SSSR count). The van der Waals surface area contributed by atoms with Crippen LogP contribution in [0.2, 0.25) is 5.02 Å². The number of anilines is 1. The predicted molar refractivity (Wildman–Crippen MR) is 124 cm³/mol. The Balaban J connectivity index is 1.83. The number of fused-ring (bicyclic) bond motifs is 2. The van der Waals surface area contributed by atoms with Crippen LogP contribution in [-0.4, -0.2) is 30.5 Å². The van der Waals surface area contributed by atoms with E-state index >= 15 is 0 Å². The first-order chi connectivity index (χ1) is 15.8. The summed E-state index contributed by atoms with van der Waals surface area (Å²) in [7, 11) is -4.03. The molecule has 1 aliphatic rings. The number of sulfone groups is 1. The lowest BCUT2D eigenvalue weighted by Gasteiger charge is -2.15. The molecular formula is C23H22ClN4O4S+. The highest BCUT2D eigenvalue weighted by atomic mass is 35.5. The van der Waals surface area contributed by atoms with Gasteiger partial charge in [0.15, 0.2) is 0 Å². The van der Waals surface area contributed by atoms with E-state index < -0.39 is 9.84 Å². The van der Waals surface area contributed by atoms with Crippen molar-refractivity contribution in [2.75, 3.05) is 12.3 Å². The van der Waals surface area contributed by atoms with Crippen LogP contribution in [0.25, 0.3) is 16.7 Å². The van der Waals surface area contributed by atoms with Crippen LogP contribution in [0.4, 0.5) is 5.82 Å². The predicted octanol–water partition coefficient (Wildman–Crippen LogP) is 2.69. The maximum atomic E-state index is 13.5. The minimum absolute atomic E-state index is 0.0105. The van der Waals surface area contributed by atoms with E-state index in [1.54, 1.807) is 16.8 Å². The molecule has 0 aliphatic carbocycles. The number of pyridine rings is 2. The Morgan fingerprint density at radius 1 is 1.24 bits per heavy atom. The van der Waals surface area contributed by atoms with Crippen LogP contribution in [0.1, 0.15) is 18.4 Å². The van der Waals surface area contributed by atoms with Crippen LogP contribution in [0.5, 0.6) is 0 Å². The zero-order chi connectivity index (χ0) is 23.3. The van der Waals surface area contributed by atoms with E-state index in [9.17, 15) is 13.2 Å². The van der Waals surface area contributed by atoms with E-state index in [2.05, 4.69) is 4.98 Å². The minimum Gasteiger partial charge on any atom is -0.375 e. The van der Waals surface area contributed by atoms with Crippen molar-refractivity contribution >= 4 is 43.9 Å². The van der Waals surface area contributed by atoms with Crippen LogP contribution in [0, 0.1) is 6.92 Å². The molecule has 0 radical (unpaired) electrons. The highest BCUT2D eigenvalue weighted by Gasteiger charge is 2.31. The fraction of sp³-hybridized carbons (Fsp3) is 0.261. The molecule has 1 aliphatic heterocycles. The number of halogens is 1. The van der Waals surface area contributed by atoms with Crippen molar-refractivity contribution in [3.8, 4) is 0 Å². The Hall–Kier alpha value is -3.01. The summed E-state index contributed by atoms with van der Waals surface area (Å²) in [4.78, 5) is 18.0. The Morgan fingerprint density at radius 2 is 2.00 bits per heavy atom. The largest absolute Gasteiger partial charge is 0.375 e. The summed E-state index contributed by atoms with van der Waals surface area (Å²) in [5.41, 5.74) is 7.74. The second kappa shape index (κ2) is 8.09. The first kappa shape index (κ1) is 21.8. The Bertz CT molecular complexity index is 1560. The molecule has 0 spiro atoms. The molecule has 3 aromatic heterocycles. The summed E-state index contributed by atoms with van der Waals surface area (Å²) < 4.78 is 35.8. The molecule has 0 bridgehead atoms. The smallest absolute Gasteiger partial charge is 0.278 e. The topological polar surface area (TPSA) is 108 Å². The van der Waals surface area contributed by atoms with E-state index in [4.69, 9.17) is 22.1 Å². The van der Waals surface area contributed by atoms with Crippen molar-refractivity contribution < 1.29 is 17.7 Å². The van der Waals surface area contributed by atoms with Crippen molar-refractivity contribution in [2.45, 2.75) is 42.2 Å². The fourth-order valence-corrected chi connectivity index (χ4v) is 5.70. The summed E-state index contributed by atoms with van der Waals surface area (Å²) in [5.74, 6) is 0.0105. The van der Waals surface area contributed by atoms with Crippen molar-refractivity contribution in [3.63, 3.8) is 0 Å². The Morgan fingerprint density at radius 3 is 2.70 bits per heavy atom. The number of hydrogen-bond acceptors (Lipinski definition) is 6. The van der Waals surface area contributed by atoms with Crippen LogP contribution in [0.3, 0.4) is 0 Å². The number of ether oxygens (including phenoxy) is 1. The van der Waals surface area contributed by atoms with Crippen molar-refractivity contribution in [3.05, 3.63) is 69.6 Å². The highest BCUT2D eigenvalue weighted by Crippen LogP contribution is 2.27. The molecule has 4 heterocycles. The number of aryl methyl sites for hydroxylation is 1. The summed E-state index contributed by atoms with van der Waals surface area (Å²) in [5, 5.41) is 0.580. The summed E-state index contributed by atoms with van der Waals surface area (Å²) >= 11 is 5.94. The van der Waals surface area contributed by atoms with Crippen LogP contribution < -0.4 is 15.9 Å². The number of nitrogens with two attached hydrogens (primary N) is 1. The summed E-state index contributed by atoms with van der Waals surface area (Å²) in [6.45, 7) is 2.79. The van der Waals surface area contributed by atoms with Gasteiger partial charge in [0.1, 0.15) is 10.3 Å². The van der Waals surface area contributed by atoms with E-state index in [0.29, 0.717) is 29.5 Å². The highest BCUT2D eigenvalue weighted by molar-refractivity contribution is 7.91. The van der Waals surface area contributed by atoms with Crippen molar-refractivity contribution in [2.24, 2.45) is 0 Å². The third-order valence-corrected chi connectivity index (χ3v) is 7.93. The normalized spacial score (nSPS) is 16.6. The van der Waals surface area contributed by atoms with E-state index in [-0.39, 0.29) is 32.7 Å². The number of nitrogens with zero attached hydrogens (tertiary/aromatic N) is 3. The maximum absolute atomic E-state index is 13.5. The molecule has 0 saturated carbocycles. The van der Waals surface area contributed by atoms with Crippen molar-refractivity contribution in [1.82, 2.24) is 9.38 Å². The summed E-state index contributed by atoms with van der Waals surface area (Å²) in [6.07, 6.45) is 3.25. The zero-order valence-electron chi connectivity index (χ0n) is 17.9. The standard InChI is InChI=1S/C23H21ClN4O4S/c1-14-4-9-20-26-22-18(23(29)27(20)12-14)11-19(21(25)28(22)13-16-3-2-10-32-16)33(30,31)17-7-5-15(24)6-8-17/h4-9,11-12,16,25H,2-3,10,13H2,1H3/p+1/t16-/m0/s1. The van der Waals surface area contributed by atoms with Crippen LogP contribution in [-0.2, 0) is 21.1 Å². The monoisotopic (exact) mass is 485 g/mol. The second-order valence-corrected chi connectivity index (χ2v) is 10.5. The van der Waals surface area contributed by atoms with E-state index in [1.807, 2.05) is 13.0 Å². The lowest BCUT2D eigenvalue weighted by molar-refractivity contribution is -0.667. The first-order valence-corrected chi connectivity index (χ1v) is 12.4. The van der Waals surface area contributed by atoms with E-state index in [1.165, 1.54) is 34.7 Å². The summed E-state index contributed by atoms with van der Waals surface area (Å²) in [6, 6.07) is 10.8. The third kappa shape index (κ3) is 3.76. The number of benzene rings is 1. The molecule has 33 heavy (non-hydrogen) atoms. The quantitative estimate of drug-likeness (QED) is 0.352. The van der Waals surface area contributed by atoms with E-state index in [0.717, 1.165) is 18.4 Å². The molecule has 4 aromatic rings. The average molecular weight is 486 g/mol. The minimum atomic E-state index is -4.03. The van der Waals surface area contributed by atoms with Gasteiger partial charge in [0.05, 0.1) is 17.5 Å². The lowest BCUT2D eigenvalue weighted by Crippen LogP contribution is -2.45. The number of rotatable bonds is 4. The fourth-order valence-electron chi connectivity index (χ4n) is 4.16. The van der Waals surface area contributed by atoms with Gasteiger partial charge < -0.3 is 10.5 Å². The molecule has 1 atom stereocenters. The van der Waals surface area contributed by atoms with Gasteiger partial charge in [-0.05, 0) is 61.7 Å². The zero-order valence-corrected chi connectivity index (χ0v) is 19.4. The van der Waals surface area contributed by atoms with Gasteiger partial charge >= 0.3 is 0 Å². The molecule has 1 saturated heterocycles. The number of aromatic nitrogens is 3. The van der Waals surface area contributed by atoms with Crippen molar-refractivity contribution in [1.29, 1.82) is 0 Å². The lowest BCUT2D eigenvalue weighted by atomic mass is 10.2. The van der Waals surface area contributed by atoms with Crippen LogP contribution >= 0.6 is 11.6 Å². The molecule has 0 amide bonds. The van der Waals surface area contributed by atoms with Gasteiger partial charge in [-0.1, -0.05) is 22.7 Å². The maximum Gasteiger partial charge on any atom is 0.278 e. The Labute approximate surface area is 195 Å². The molecule has 1 aromatic carbocycles. The van der Waals surface area contributed by atoms with Gasteiger partial charge in [-0.25, -0.2) is 13.0 Å². The molecule has 1 fully saturated rings. The van der Waals surface area contributed by atoms with Crippen LogP contribution in [0.15, 0.2) is 63.2 Å². The van der Waals surface area contributed by atoms with Gasteiger partial charge in [0.2, 0.25) is 21.3 Å². The molecule has 10 heteroatoms. The molecule has 8 nitrogen and oxygen atoms in total. The van der Waals surface area contributed by atoms with Gasteiger partial charge in [0.25, 0.3) is 11.2 Å². The van der Waals surface area contributed by atoms with Gasteiger partial charge in [-0.3, -0.25) is 9.20 Å². The van der Waals surface area contributed by atoms with Gasteiger partial charge in [0, 0.05) is 17.8 Å². The van der Waals surface area contributed by atoms with Gasteiger partial charge in [-0.2, -0.15) is 0 Å². The third-order valence-electron chi connectivity index (χ3n) is 5.88. The molecule has 2 N–H and O–H groups in total. The first-order valence-electron chi connectivity index (χ1n) is 10.5. The SMILES string of the molecule is Cc1ccc2nc3c(cc(S(=O)(=O)c4ccc(Cl)cc4)c(N)[n+]3C[C@@H]3CCCO3)c(=O)n2c1. The average Bonchev–Trinajstić information content (AvgIpc) is 3.30. The van der Waals surface area contributed by atoms with Gasteiger partial charge in [-0.15, -0.1) is 0 Å². The number of nitrogen functional groups attached to an aromatic ring is 1. The molecule has 0 unspecified atom stereocenters. The Kier molecular flexibility index (Phi) is 5.35. The molecule has 170 valence electrons. The molecular weight excluding hydrogens is 464 g/mol.